The first-order valence-corrected chi connectivity index (χ1v) is 7.41. The molecule has 0 spiro atoms. The van der Waals surface area contributed by atoms with E-state index in [-0.39, 0.29) is 30.7 Å². The summed E-state index contributed by atoms with van der Waals surface area (Å²) in [6.45, 7) is 8.37. The summed E-state index contributed by atoms with van der Waals surface area (Å²) in [6.07, 6.45) is 1.24. The Morgan fingerprint density at radius 2 is 1.90 bits per heavy atom. The monoisotopic (exact) mass is 285 g/mol. The molecule has 3 N–H and O–H groups in total. The summed E-state index contributed by atoms with van der Waals surface area (Å²) in [5.74, 6) is -0.906. The number of carboxylic acids is 1. The van der Waals surface area contributed by atoms with Gasteiger partial charge in [0.15, 0.2) is 0 Å². The van der Waals surface area contributed by atoms with Gasteiger partial charge in [-0.25, -0.2) is 4.79 Å². The van der Waals surface area contributed by atoms with Crippen molar-refractivity contribution in [1.82, 2.24) is 0 Å². The number of aliphatic carboxylic acids is 1. The molecular weight excluding hydrogens is 258 g/mol. The number of carbonyl (C=O) groups excluding carboxylic acids is 1. The van der Waals surface area contributed by atoms with Crippen molar-refractivity contribution >= 4 is 11.9 Å². The Bertz CT molecular complexity index is 367. The van der Waals surface area contributed by atoms with Crippen LogP contribution in [0.15, 0.2) is 0 Å². The molecule has 0 radical (unpaired) electrons. The minimum absolute atomic E-state index is 0.0617. The zero-order valence-corrected chi connectivity index (χ0v) is 12.9. The number of carbonyl (C=O) groups is 2. The Kier molecular flexibility index (Phi) is 5.57. The summed E-state index contributed by atoms with van der Waals surface area (Å²) in [5.41, 5.74) is 3.97. The van der Waals surface area contributed by atoms with E-state index in [2.05, 4.69) is 13.8 Å². The van der Waals surface area contributed by atoms with Crippen LogP contribution in [0.5, 0.6) is 0 Å². The van der Waals surface area contributed by atoms with Crippen LogP contribution in [-0.2, 0) is 14.3 Å². The molecule has 20 heavy (non-hydrogen) atoms. The molecule has 1 saturated carbocycles. The predicted octanol–water partition coefficient (Wildman–Crippen LogP) is 2.04. The van der Waals surface area contributed by atoms with Gasteiger partial charge in [-0.2, -0.15) is 0 Å². The highest BCUT2D eigenvalue weighted by Crippen LogP contribution is 2.50. The molecule has 2 unspecified atom stereocenters. The smallest absolute Gasteiger partial charge is 0.348 e. The summed E-state index contributed by atoms with van der Waals surface area (Å²) in [4.78, 5) is 23.6. The van der Waals surface area contributed by atoms with Gasteiger partial charge in [0.2, 0.25) is 5.60 Å². The van der Waals surface area contributed by atoms with Crippen molar-refractivity contribution < 1.29 is 19.4 Å². The first kappa shape index (κ1) is 17.0. The standard InChI is InChI=1S/C15H27NO4/c1-9(2)11-5-7-15(14(18)19,13(11)10(3)4)20-12(17)6-8-16/h9-11,13H,5-8,16H2,1-4H3,(H,18,19)/t11?,13?,15-/m1/s1. The van der Waals surface area contributed by atoms with Crippen molar-refractivity contribution in [1.29, 1.82) is 0 Å². The largest absolute Gasteiger partial charge is 0.478 e. The van der Waals surface area contributed by atoms with E-state index in [1.807, 2.05) is 13.8 Å². The van der Waals surface area contributed by atoms with Crippen molar-refractivity contribution in [3.63, 3.8) is 0 Å². The normalized spacial score (nSPS) is 29.9. The molecule has 1 fully saturated rings. The molecule has 0 heterocycles. The second-order valence-corrected chi connectivity index (χ2v) is 6.42. The molecule has 0 aromatic heterocycles. The molecule has 0 saturated heterocycles. The highest BCUT2D eigenvalue weighted by molar-refractivity contribution is 5.83. The quantitative estimate of drug-likeness (QED) is 0.729. The second-order valence-electron chi connectivity index (χ2n) is 6.42. The molecule has 0 aromatic rings. The topological polar surface area (TPSA) is 89.6 Å². The van der Waals surface area contributed by atoms with E-state index in [0.29, 0.717) is 12.3 Å². The molecule has 116 valence electrons. The number of nitrogens with two attached hydrogens (primary N) is 1. The van der Waals surface area contributed by atoms with Gasteiger partial charge in [0.05, 0.1) is 6.42 Å². The summed E-state index contributed by atoms with van der Waals surface area (Å²) < 4.78 is 5.44. The number of hydrogen-bond acceptors (Lipinski definition) is 4. The van der Waals surface area contributed by atoms with Crippen molar-refractivity contribution in [3.8, 4) is 0 Å². The summed E-state index contributed by atoms with van der Waals surface area (Å²) in [5, 5.41) is 9.69. The van der Waals surface area contributed by atoms with E-state index in [4.69, 9.17) is 10.5 Å². The van der Waals surface area contributed by atoms with Gasteiger partial charge < -0.3 is 15.6 Å². The Morgan fingerprint density at radius 1 is 1.30 bits per heavy atom. The summed E-state index contributed by atoms with van der Waals surface area (Å²) in [6, 6.07) is 0. The third-order valence-corrected chi connectivity index (χ3v) is 4.43. The van der Waals surface area contributed by atoms with Crippen LogP contribution >= 0.6 is 0 Å². The number of carboxylic acid groups (broad SMARTS) is 1. The molecule has 1 aliphatic carbocycles. The highest BCUT2D eigenvalue weighted by atomic mass is 16.6. The SMILES string of the molecule is CC(C)C1CC[C@](OC(=O)CCN)(C(=O)O)C1C(C)C. The summed E-state index contributed by atoms with van der Waals surface area (Å²) >= 11 is 0. The average Bonchev–Trinajstić information content (AvgIpc) is 2.70. The van der Waals surface area contributed by atoms with E-state index < -0.39 is 17.5 Å². The van der Waals surface area contributed by atoms with Gasteiger partial charge in [0.1, 0.15) is 0 Å². The maximum absolute atomic E-state index is 11.8. The van der Waals surface area contributed by atoms with Crippen LogP contribution in [0.4, 0.5) is 0 Å². The molecular formula is C15H27NO4. The van der Waals surface area contributed by atoms with Crippen LogP contribution in [0.25, 0.3) is 0 Å². The maximum Gasteiger partial charge on any atom is 0.348 e. The van der Waals surface area contributed by atoms with Crippen molar-refractivity contribution in [2.24, 2.45) is 29.4 Å². The second kappa shape index (κ2) is 6.57. The van der Waals surface area contributed by atoms with Crippen LogP contribution in [0.3, 0.4) is 0 Å². The zero-order valence-electron chi connectivity index (χ0n) is 12.9. The lowest BCUT2D eigenvalue weighted by molar-refractivity contribution is -0.187. The van der Waals surface area contributed by atoms with Crippen LogP contribution in [0, 0.1) is 23.7 Å². The first-order valence-electron chi connectivity index (χ1n) is 7.41. The van der Waals surface area contributed by atoms with Crippen LogP contribution < -0.4 is 5.73 Å². The van der Waals surface area contributed by atoms with Gasteiger partial charge in [-0.3, -0.25) is 4.79 Å². The van der Waals surface area contributed by atoms with E-state index in [0.717, 1.165) is 6.42 Å². The zero-order chi connectivity index (χ0) is 15.5. The van der Waals surface area contributed by atoms with Crippen molar-refractivity contribution in [2.75, 3.05) is 6.54 Å². The Labute approximate surface area is 120 Å². The fourth-order valence-corrected chi connectivity index (χ4v) is 3.64. The minimum atomic E-state index is -1.38. The molecule has 3 atom stereocenters. The van der Waals surface area contributed by atoms with Gasteiger partial charge in [-0.05, 0) is 30.6 Å². The molecule has 0 aliphatic heterocycles. The lowest BCUT2D eigenvalue weighted by Gasteiger charge is -2.37. The van der Waals surface area contributed by atoms with Crippen molar-refractivity contribution in [3.05, 3.63) is 0 Å². The van der Waals surface area contributed by atoms with E-state index in [1.165, 1.54) is 0 Å². The van der Waals surface area contributed by atoms with Gasteiger partial charge in [-0.15, -0.1) is 0 Å². The number of hydrogen-bond donors (Lipinski definition) is 2. The molecule has 1 rings (SSSR count). The fraction of sp³-hybridized carbons (Fsp3) is 0.867. The van der Waals surface area contributed by atoms with Gasteiger partial charge in [0, 0.05) is 12.5 Å². The average molecular weight is 285 g/mol. The first-order chi connectivity index (χ1) is 9.26. The van der Waals surface area contributed by atoms with Crippen LogP contribution in [0.1, 0.15) is 47.0 Å². The van der Waals surface area contributed by atoms with Gasteiger partial charge in [-0.1, -0.05) is 27.7 Å². The number of ether oxygens (including phenoxy) is 1. The fourth-order valence-electron chi connectivity index (χ4n) is 3.64. The third-order valence-electron chi connectivity index (χ3n) is 4.43. The Hall–Kier alpha value is -1.10. The maximum atomic E-state index is 11.8. The summed E-state index contributed by atoms with van der Waals surface area (Å²) in [7, 11) is 0. The molecule has 5 nitrogen and oxygen atoms in total. The molecule has 0 bridgehead atoms. The highest BCUT2D eigenvalue weighted by Gasteiger charge is 2.58. The molecule has 1 aliphatic rings. The Morgan fingerprint density at radius 3 is 2.30 bits per heavy atom. The lowest BCUT2D eigenvalue weighted by atomic mass is 9.74. The van der Waals surface area contributed by atoms with E-state index >= 15 is 0 Å². The van der Waals surface area contributed by atoms with E-state index in [9.17, 15) is 14.7 Å². The lowest BCUT2D eigenvalue weighted by Crippen LogP contribution is -2.50. The number of esters is 1. The predicted molar refractivity (Wildman–Crippen MR) is 76.0 cm³/mol. The molecule has 0 aromatic carbocycles. The van der Waals surface area contributed by atoms with Gasteiger partial charge >= 0.3 is 11.9 Å². The molecule has 0 amide bonds. The Balaban J connectivity index is 3.10. The minimum Gasteiger partial charge on any atom is -0.478 e. The van der Waals surface area contributed by atoms with Gasteiger partial charge in [0.25, 0.3) is 0 Å². The molecule has 5 heteroatoms. The third kappa shape index (κ3) is 3.14. The van der Waals surface area contributed by atoms with Crippen LogP contribution in [-0.4, -0.2) is 29.2 Å². The van der Waals surface area contributed by atoms with Crippen molar-refractivity contribution in [2.45, 2.75) is 52.6 Å². The van der Waals surface area contributed by atoms with Crippen LogP contribution in [0.2, 0.25) is 0 Å². The number of rotatable bonds is 6. The van der Waals surface area contributed by atoms with E-state index in [1.54, 1.807) is 0 Å².